The quantitative estimate of drug-likeness (QED) is 0.553. The average molecular weight is 268 g/mol. The topological polar surface area (TPSA) is 23.8 Å². The van der Waals surface area contributed by atoms with Crippen molar-refractivity contribution in [2.45, 2.75) is 13.8 Å². The van der Waals surface area contributed by atoms with Crippen molar-refractivity contribution in [3.05, 3.63) is 69.7 Å². The molecule has 0 aliphatic carbocycles. The van der Waals surface area contributed by atoms with Gasteiger partial charge in [-0.05, 0) is 54.3 Å². The second-order valence-corrected chi connectivity index (χ2v) is 4.96. The Hall–Kier alpha value is -2.04. The molecule has 2 aromatic rings. The fourth-order valence-electron chi connectivity index (χ4n) is 1.81. The Labute approximate surface area is 118 Å². The standard InChI is InChI=1S/C17H14ClN/c1-12-3-6-15(9-13(12)2)16(11-19)10-14-4-7-17(18)8-5-14/h3-10H,1-2H3/b16-10+. The van der Waals surface area contributed by atoms with Crippen LogP contribution in [0.25, 0.3) is 11.6 Å². The number of nitrogens with zero attached hydrogens (tertiary/aromatic N) is 1. The zero-order valence-corrected chi connectivity index (χ0v) is 11.7. The molecule has 2 rings (SSSR count). The molecule has 0 spiro atoms. The largest absolute Gasteiger partial charge is 0.192 e. The van der Waals surface area contributed by atoms with Crippen molar-refractivity contribution >= 4 is 23.3 Å². The summed E-state index contributed by atoms with van der Waals surface area (Å²) in [5.41, 5.74) is 4.99. The summed E-state index contributed by atoms with van der Waals surface area (Å²) in [6, 6.07) is 15.8. The lowest BCUT2D eigenvalue weighted by atomic mass is 9.99. The fourth-order valence-corrected chi connectivity index (χ4v) is 1.94. The Morgan fingerprint density at radius 2 is 1.74 bits per heavy atom. The molecule has 0 radical (unpaired) electrons. The first-order chi connectivity index (χ1) is 9.10. The van der Waals surface area contributed by atoms with E-state index in [0.29, 0.717) is 10.6 Å². The molecular weight excluding hydrogens is 254 g/mol. The average Bonchev–Trinajstić information content (AvgIpc) is 2.41. The lowest BCUT2D eigenvalue weighted by Crippen LogP contribution is -1.86. The summed E-state index contributed by atoms with van der Waals surface area (Å²) >= 11 is 5.85. The molecule has 0 saturated carbocycles. The molecule has 0 fully saturated rings. The molecule has 0 atom stereocenters. The van der Waals surface area contributed by atoms with Gasteiger partial charge >= 0.3 is 0 Å². The van der Waals surface area contributed by atoms with Crippen molar-refractivity contribution in [1.82, 2.24) is 0 Å². The summed E-state index contributed by atoms with van der Waals surface area (Å²) in [6.07, 6.45) is 1.88. The predicted molar refractivity (Wildman–Crippen MR) is 80.9 cm³/mol. The van der Waals surface area contributed by atoms with E-state index in [-0.39, 0.29) is 0 Å². The van der Waals surface area contributed by atoms with Crippen LogP contribution in [0.5, 0.6) is 0 Å². The van der Waals surface area contributed by atoms with Gasteiger partial charge in [-0.2, -0.15) is 5.26 Å². The van der Waals surface area contributed by atoms with E-state index in [1.165, 1.54) is 11.1 Å². The first kappa shape index (κ1) is 13.4. The molecule has 0 aliphatic rings. The van der Waals surface area contributed by atoms with Crippen molar-refractivity contribution in [2.75, 3.05) is 0 Å². The van der Waals surface area contributed by atoms with Crippen LogP contribution >= 0.6 is 11.6 Å². The van der Waals surface area contributed by atoms with Gasteiger partial charge in [-0.15, -0.1) is 0 Å². The third-order valence-electron chi connectivity index (χ3n) is 3.12. The fraction of sp³-hybridized carbons (Fsp3) is 0.118. The Balaban J connectivity index is 2.42. The van der Waals surface area contributed by atoms with Crippen LogP contribution in [0.1, 0.15) is 22.3 Å². The third-order valence-corrected chi connectivity index (χ3v) is 3.37. The summed E-state index contributed by atoms with van der Waals surface area (Å²) in [7, 11) is 0. The summed E-state index contributed by atoms with van der Waals surface area (Å²) in [5, 5.41) is 10.0. The van der Waals surface area contributed by atoms with Crippen LogP contribution in [0.15, 0.2) is 42.5 Å². The highest BCUT2D eigenvalue weighted by Crippen LogP contribution is 2.21. The first-order valence-electron chi connectivity index (χ1n) is 6.05. The molecule has 19 heavy (non-hydrogen) atoms. The first-order valence-corrected chi connectivity index (χ1v) is 6.43. The number of hydrogen-bond donors (Lipinski definition) is 0. The van der Waals surface area contributed by atoms with Crippen LogP contribution in [0.2, 0.25) is 5.02 Å². The number of aryl methyl sites for hydroxylation is 2. The van der Waals surface area contributed by atoms with Crippen LogP contribution in [-0.2, 0) is 0 Å². The van der Waals surface area contributed by atoms with E-state index >= 15 is 0 Å². The number of nitriles is 1. The molecule has 0 N–H and O–H groups in total. The summed E-state index contributed by atoms with van der Waals surface area (Å²) in [5.74, 6) is 0. The SMILES string of the molecule is Cc1ccc(/C(C#N)=C/c2ccc(Cl)cc2)cc1C. The normalized spacial score (nSPS) is 11.2. The zero-order valence-electron chi connectivity index (χ0n) is 10.9. The minimum Gasteiger partial charge on any atom is -0.192 e. The third kappa shape index (κ3) is 3.24. The summed E-state index contributed by atoms with van der Waals surface area (Å²) in [6.45, 7) is 4.12. The van der Waals surface area contributed by atoms with Gasteiger partial charge in [0.05, 0.1) is 11.6 Å². The van der Waals surface area contributed by atoms with Crippen LogP contribution in [-0.4, -0.2) is 0 Å². The van der Waals surface area contributed by atoms with Gasteiger partial charge in [0.15, 0.2) is 0 Å². The van der Waals surface area contributed by atoms with Gasteiger partial charge in [0.25, 0.3) is 0 Å². The van der Waals surface area contributed by atoms with Gasteiger partial charge in [0.2, 0.25) is 0 Å². The second kappa shape index (κ2) is 5.73. The minimum atomic E-state index is 0.658. The van der Waals surface area contributed by atoms with Gasteiger partial charge in [-0.1, -0.05) is 41.9 Å². The van der Waals surface area contributed by atoms with E-state index in [9.17, 15) is 5.26 Å². The smallest absolute Gasteiger partial charge is 0.0998 e. The van der Waals surface area contributed by atoms with Crippen molar-refractivity contribution < 1.29 is 0 Å². The molecule has 2 heteroatoms. The van der Waals surface area contributed by atoms with Gasteiger partial charge in [0, 0.05) is 5.02 Å². The van der Waals surface area contributed by atoms with Gasteiger partial charge in [0.1, 0.15) is 0 Å². The number of halogens is 1. The number of hydrogen-bond acceptors (Lipinski definition) is 1. The Morgan fingerprint density at radius 1 is 1.05 bits per heavy atom. The van der Waals surface area contributed by atoms with Crippen molar-refractivity contribution in [2.24, 2.45) is 0 Å². The molecule has 1 nitrogen and oxygen atoms in total. The Bertz CT molecular complexity index is 661. The van der Waals surface area contributed by atoms with Crippen LogP contribution in [0.4, 0.5) is 0 Å². The highest BCUT2D eigenvalue weighted by Gasteiger charge is 2.03. The number of allylic oxidation sites excluding steroid dienone is 1. The molecule has 0 amide bonds. The maximum Gasteiger partial charge on any atom is 0.0998 e. The molecular formula is C17H14ClN. The molecule has 0 aromatic heterocycles. The highest BCUT2D eigenvalue weighted by atomic mass is 35.5. The van der Waals surface area contributed by atoms with Crippen LogP contribution < -0.4 is 0 Å². The van der Waals surface area contributed by atoms with E-state index in [1.807, 2.05) is 48.5 Å². The van der Waals surface area contributed by atoms with E-state index in [2.05, 4.69) is 19.9 Å². The van der Waals surface area contributed by atoms with Crippen molar-refractivity contribution in [3.8, 4) is 6.07 Å². The second-order valence-electron chi connectivity index (χ2n) is 4.52. The monoisotopic (exact) mass is 267 g/mol. The Kier molecular flexibility index (Phi) is 4.04. The van der Waals surface area contributed by atoms with E-state index in [0.717, 1.165) is 11.1 Å². The molecule has 2 aromatic carbocycles. The molecule has 94 valence electrons. The van der Waals surface area contributed by atoms with Gasteiger partial charge in [-0.25, -0.2) is 0 Å². The van der Waals surface area contributed by atoms with Crippen LogP contribution in [0, 0.1) is 25.2 Å². The number of rotatable bonds is 2. The maximum absolute atomic E-state index is 9.31. The zero-order chi connectivity index (χ0) is 13.8. The minimum absolute atomic E-state index is 0.658. The van der Waals surface area contributed by atoms with Crippen molar-refractivity contribution in [1.29, 1.82) is 5.26 Å². The summed E-state index contributed by atoms with van der Waals surface area (Å²) in [4.78, 5) is 0. The van der Waals surface area contributed by atoms with E-state index < -0.39 is 0 Å². The van der Waals surface area contributed by atoms with Gasteiger partial charge in [-0.3, -0.25) is 0 Å². The maximum atomic E-state index is 9.31. The lowest BCUT2D eigenvalue weighted by Gasteiger charge is -2.04. The molecule has 0 unspecified atom stereocenters. The number of benzene rings is 2. The highest BCUT2D eigenvalue weighted by molar-refractivity contribution is 6.30. The lowest BCUT2D eigenvalue weighted by molar-refractivity contribution is 1.33. The molecule has 0 heterocycles. The van der Waals surface area contributed by atoms with E-state index in [4.69, 9.17) is 11.6 Å². The van der Waals surface area contributed by atoms with Crippen LogP contribution in [0.3, 0.4) is 0 Å². The molecule has 0 aliphatic heterocycles. The van der Waals surface area contributed by atoms with E-state index in [1.54, 1.807) is 0 Å². The Morgan fingerprint density at radius 3 is 2.32 bits per heavy atom. The van der Waals surface area contributed by atoms with Gasteiger partial charge < -0.3 is 0 Å². The summed E-state index contributed by atoms with van der Waals surface area (Å²) < 4.78 is 0. The predicted octanol–water partition coefficient (Wildman–Crippen LogP) is 5.02. The molecule has 0 saturated heterocycles. The van der Waals surface area contributed by atoms with Crippen molar-refractivity contribution in [3.63, 3.8) is 0 Å². The molecule has 0 bridgehead atoms.